The minimum atomic E-state index is -1.72. The predicted molar refractivity (Wildman–Crippen MR) is 127 cm³/mol. The molecule has 6 aliphatic heterocycles. The van der Waals surface area contributed by atoms with Crippen molar-refractivity contribution >= 4 is 0 Å². The molecule has 248 valence electrons. The van der Waals surface area contributed by atoms with E-state index in [1.54, 1.807) is 0 Å². The van der Waals surface area contributed by atoms with Gasteiger partial charge in [0.15, 0.2) is 25.2 Å². The molecular formula is C24H38O19. The molecule has 0 aliphatic carbocycles. The van der Waals surface area contributed by atoms with Crippen molar-refractivity contribution in [2.45, 2.75) is 123 Å². The summed E-state index contributed by atoms with van der Waals surface area (Å²) in [5.41, 5.74) is 0. The average molecular weight is 631 g/mol. The fourth-order valence-electron chi connectivity index (χ4n) is 6.28. The molecule has 6 saturated heterocycles. The standard InChI is InChI=1S/C24H38O19/c25-1-5-9(27)11(29)12(30)22(38-5)41-17-8-4-36-20(17)15(33)24(40-8)43-18-10(28)6(2-26)39-23(14(18)32)42-16-7-3-35-19(16)13(31)21(34)37-7/h5-34H,1-4H2/t5-,6-,7+,8+,9+,10+,11+,12-,13+,14-,15+,16-,17-,18+,19+,20+,21-,22+,23+,24+/m1/s1. The second kappa shape index (κ2) is 12.8. The molecule has 0 aromatic heterocycles. The Morgan fingerprint density at radius 3 is 1.56 bits per heavy atom. The van der Waals surface area contributed by atoms with E-state index in [1.807, 2.05) is 0 Å². The number of hydrogen-bond acceptors (Lipinski definition) is 19. The fourth-order valence-corrected chi connectivity index (χ4v) is 6.28. The number of hydrogen-bond donors (Lipinski definition) is 10. The van der Waals surface area contributed by atoms with Gasteiger partial charge in [0.05, 0.1) is 26.4 Å². The quantitative estimate of drug-likeness (QED) is 0.119. The molecule has 0 saturated carbocycles. The molecule has 10 N–H and O–H groups in total. The van der Waals surface area contributed by atoms with Gasteiger partial charge in [-0.15, -0.1) is 0 Å². The largest absolute Gasteiger partial charge is 0.394 e. The lowest BCUT2D eigenvalue weighted by Crippen LogP contribution is -2.65. The van der Waals surface area contributed by atoms with Gasteiger partial charge < -0.3 is 93.7 Å². The van der Waals surface area contributed by atoms with E-state index in [9.17, 15) is 51.1 Å². The predicted octanol–water partition coefficient (Wildman–Crippen LogP) is -7.66. The summed E-state index contributed by atoms with van der Waals surface area (Å²) < 4.78 is 50.5. The second-order valence-electron chi connectivity index (χ2n) is 11.4. The van der Waals surface area contributed by atoms with Crippen LogP contribution in [-0.2, 0) is 42.6 Å². The van der Waals surface area contributed by atoms with Crippen molar-refractivity contribution in [1.29, 1.82) is 0 Å². The normalized spacial score (nSPS) is 56.8. The molecule has 4 bridgehead atoms. The van der Waals surface area contributed by atoms with Crippen LogP contribution in [0.3, 0.4) is 0 Å². The van der Waals surface area contributed by atoms with Gasteiger partial charge in [-0.2, -0.15) is 0 Å². The van der Waals surface area contributed by atoms with E-state index < -0.39 is 136 Å². The lowest BCUT2D eigenvalue weighted by molar-refractivity contribution is -0.372. The summed E-state index contributed by atoms with van der Waals surface area (Å²) >= 11 is 0. The Morgan fingerprint density at radius 1 is 0.465 bits per heavy atom. The Kier molecular flexibility index (Phi) is 9.58. The van der Waals surface area contributed by atoms with Gasteiger partial charge in [-0.05, 0) is 0 Å². The third-order valence-corrected chi connectivity index (χ3v) is 8.70. The van der Waals surface area contributed by atoms with Gasteiger partial charge in [0, 0.05) is 0 Å². The van der Waals surface area contributed by atoms with Crippen LogP contribution in [0.5, 0.6) is 0 Å². The Bertz CT molecular complexity index is 944. The molecule has 0 spiro atoms. The van der Waals surface area contributed by atoms with Crippen LogP contribution in [0.4, 0.5) is 0 Å². The van der Waals surface area contributed by atoms with E-state index in [4.69, 9.17) is 42.6 Å². The van der Waals surface area contributed by atoms with Gasteiger partial charge in [-0.25, -0.2) is 0 Å². The van der Waals surface area contributed by atoms with E-state index in [0.717, 1.165) is 0 Å². The Morgan fingerprint density at radius 2 is 0.953 bits per heavy atom. The van der Waals surface area contributed by atoms with Crippen molar-refractivity contribution < 1.29 is 93.7 Å². The van der Waals surface area contributed by atoms with E-state index in [-0.39, 0.29) is 13.2 Å². The number of rotatable bonds is 8. The number of aliphatic hydroxyl groups is 10. The zero-order chi connectivity index (χ0) is 30.7. The summed E-state index contributed by atoms with van der Waals surface area (Å²) in [6, 6.07) is 0. The minimum Gasteiger partial charge on any atom is -0.394 e. The summed E-state index contributed by atoms with van der Waals surface area (Å²) in [6.07, 6.45) is -27.5. The molecular weight excluding hydrogens is 592 g/mol. The van der Waals surface area contributed by atoms with Gasteiger partial charge in [0.25, 0.3) is 0 Å². The number of fused-ring (bicyclic) bond motifs is 4. The van der Waals surface area contributed by atoms with Crippen molar-refractivity contribution in [3.63, 3.8) is 0 Å². The van der Waals surface area contributed by atoms with Gasteiger partial charge in [-0.3, -0.25) is 0 Å². The highest BCUT2D eigenvalue weighted by Crippen LogP contribution is 2.38. The fraction of sp³-hybridized carbons (Fsp3) is 1.00. The minimum absolute atomic E-state index is 0.0184. The van der Waals surface area contributed by atoms with Crippen LogP contribution < -0.4 is 0 Å². The Balaban J connectivity index is 1.12. The van der Waals surface area contributed by atoms with Gasteiger partial charge >= 0.3 is 0 Å². The summed E-state index contributed by atoms with van der Waals surface area (Å²) in [4.78, 5) is 0. The van der Waals surface area contributed by atoms with Crippen LogP contribution in [0.25, 0.3) is 0 Å². The van der Waals surface area contributed by atoms with Crippen molar-refractivity contribution in [3.8, 4) is 0 Å². The molecule has 0 amide bonds. The maximum absolute atomic E-state index is 11.1. The zero-order valence-corrected chi connectivity index (χ0v) is 22.5. The van der Waals surface area contributed by atoms with E-state index in [2.05, 4.69) is 0 Å². The van der Waals surface area contributed by atoms with Crippen LogP contribution in [0.15, 0.2) is 0 Å². The van der Waals surface area contributed by atoms with Crippen molar-refractivity contribution in [1.82, 2.24) is 0 Å². The molecule has 6 rings (SSSR count). The highest BCUT2D eigenvalue weighted by molar-refractivity contribution is 5.01. The third kappa shape index (κ3) is 5.73. The van der Waals surface area contributed by atoms with Gasteiger partial charge in [0.2, 0.25) is 0 Å². The Labute approximate surface area is 243 Å². The van der Waals surface area contributed by atoms with Crippen molar-refractivity contribution in [2.24, 2.45) is 0 Å². The molecule has 19 heteroatoms. The number of aliphatic hydroxyl groups excluding tert-OH is 10. The lowest BCUT2D eigenvalue weighted by Gasteiger charge is -2.47. The Hall–Kier alpha value is -0.760. The molecule has 6 aliphatic rings. The first-order valence-electron chi connectivity index (χ1n) is 14.0. The summed E-state index contributed by atoms with van der Waals surface area (Å²) in [5.74, 6) is 0. The van der Waals surface area contributed by atoms with Crippen molar-refractivity contribution in [2.75, 3.05) is 26.4 Å². The number of ether oxygens (including phenoxy) is 9. The molecule has 6 heterocycles. The first-order chi connectivity index (χ1) is 20.5. The molecule has 0 aromatic carbocycles. The topological polar surface area (TPSA) is 285 Å². The smallest absolute Gasteiger partial charge is 0.187 e. The van der Waals surface area contributed by atoms with Crippen LogP contribution in [0.2, 0.25) is 0 Å². The van der Waals surface area contributed by atoms with Crippen molar-refractivity contribution in [3.05, 3.63) is 0 Å². The first-order valence-corrected chi connectivity index (χ1v) is 14.0. The highest BCUT2D eigenvalue weighted by atomic mass is 16.8. The molecule has 0 aromatic rings. The molecule has 20 atom stereocenters. The molecule has 0 unspecified atom stereocenters. The van der Waals surface area contributed by atoms with Crippen LogP contribution in [0, 0.1) is 0 Å². The van der Waals surface area contributed by atoms with E-state index in [0.29, 0.717) is 0 Å². The molecule has 43 heavy (non-hydrogen) atoms. The second-order valence-corrected chi connectivity index (χ2v) is 11.4. The summed E-state index contributed by atoms with van der Waals surface area (Å²) in [6.45, 7) is -1.51. The molecule has 6 fully saturated rings. The highest BCUT2D eigenvalue weighted by Gasteiger charge is 2.58. The monoisotopic (exact) mass is 630 g/mol. The maximum Gasteiger partial charge on any atom is 0.187 e. The maximum atomic E-state index is 11.1. The molecule has 0 radical (unpaired) electrons. The van der Waals surface area contributed by atoms with E-state index in [1.165, 1.54) is 0 Å². The van der Waals surface area contributed by atoms with E-state index >= 15 is 0 Å². The van der Waals surface area contributed by atoms with Crippen LogP contribution >= 0.6 is 0 Å². The van der Waals surface area contributed by atoms with Gasteiger partial charge in [-0.1, -0.05) is 0 Å². The zero-order valence-electron chi connectivity index (χ0n) is 22.5. The first kappa shape index (κ1) is 32.2. The summed E-state index contributed by atoms with van der Waals surface area (Å²) in [5, 5.41) is 103. The average Bonchev–Trinajstić information content (AvgIpc) is 3.48. The summed E-state index contributed by atoms with van der Waals surface area (Å²) in [7, 11) is 0. The third-order valence-electron chi connectivity index (χ3n) is 8.70. The van der Waals surface area contributed by atoms with Crippen LogP contribution in [-0.4, -0.2) is 200 Å². The lowest BCUT2D eigenvalue weighted by atomic mass is 9.96. The van der Waals surface area contributed by atoms with Crippen LogP contribution in [0.1, 0.15) is 0 Å². The van der Waals surface area contributed by atoms with Gasteiger partial charge in [0.1, 0.15) is 97.7 Å². The SMILES string of the molecule is OC[C@H]1O[C@@H](O[C@H]2[C@H]3OC[C@@H]2O[C@@H](O[C@H]2[C@@H](O)[C@@H](CO)O[C@@H](O[C@H]4[C@H]5OC[C@@H]4O[C@@H](O)[C@H]5O)[C@@H]2O)[C@H]3O)[C@H](O)[C@@H](O)[C@H]1O. The molecule has 19 nitrogen and oxygen atoms in total.